The first-order chi connectivity index (χ1) is 10.1. The van der Waals surface area contributed by atoms with Crippen LogP contribution in [0.3, 0.4) is 0 Å². The molecule has 1 aromatic heterocycles. The van der Waals surface area contributed by atoms with Gasteiger partial charge in [-0.2, -0.15) is 0 Å². The van der Waals surface area contributed by atoms with Crippen LogP contribution in [0, 0.1) is 0 Å². The number of rotatable bonds is 4. The molecule has 2 amide bonds. The van der Waals surface area contributed by atoms with E-state index < -0.39 is 5.91 Å². The minimum absolute atomic E-state index is 0.0132. The van der Waals surface area contributed by atoms with E-state index >= 15 is 0 Å². The molecule has 2 aliphatic carbocycles. The molecule has 0 spiro atoms. The summed E-state index contributed by atoms with van der Waals surface area (Å²) in [5.74, 6) is -0.415. The smallest absolute Gasteiger partial charge is 0.274 e. The van der Waals surface area contributed by atoms with Crippen molar-refractivity contribution in [1.82, 2.24) is 10.5 Å². The van der Waals surface area contributed by atoms with Crippen LogP contribution in [-0.2, 0) is 0 Å². The largest absolute Gasteiger partial charge is 0.365 e. The standard InChI is InChI=1S/C14H20N4O3/c15-8-3-5-9(6-4-8)17-14(20)11-10(13(16)19)12(21-18-11)7-1-2-7/h7-9H,1-6,15H2,(H2,16,19)(H,17,20). The normalized spacial score (nSPS) is 25.6. The highest BCUT2D eigenvalue weighted by Crippen LogP contribution is 2.42. The maximum atomic E-state index is 12.3. The molecule has 0 unspecified atom stereocenters. The van der Waals surface area contributed by atoms with Crippen molar-refractivity contribution < 1.29 is 14.1 Å². The average molecular weight is 292 g/mol. The molecule has 1 aromatic rings. The van der Waals surface area contributed by atoms with Crippen LogP contribution < -0.4 is 16.8 Å². The first-order valence-corrected chi connectivity index (χ1v) is 7.42. The zero-order chi connectivity index (χ0) is 15.0. The van der Waals surface area contributed by atoms with Crippen LogP contribution in [0.5, 0.6) is 0 Å². The maximum Gasteiger partial charge on any atom is 0.274 e. The molecule has 5 N–H and O–H groups in total. The van der Waals surface area contributed by atoms with Gasteiger partial charge in [0, 0.05) is 18.0 Å². The molecule has 0 aromatic carbocycles. The Balaban J connectivity index is 1.73. The quantitative estimate of drug-likeness (QED) is 0.751. The zero-order valence-corrected chi connectivity index (χ0v) is 11.8. The Morgan fingerprint density at radius 1 is 1.14 bits per heavy atom. The third-order valence-corrected chi connectivity index (χ3v) is 4.24. The fraction of sp³-hybridized carbons (Fsp3) is 0.643. The van der Waals surface area contributed by atoms with Gasteiger partial charge in [0.2, 0.25) is 0 Å². The van der Waals surface area contributed by atoms with Crippen molar-refractivity contribution in [1.29, 1.82) is 0 Å². The Morgan fingerprint density at radius 2 is 1.81 bits per heavy atom. The molecule has 2 fully saturated rings. The van der Waals surface area contributed by atoms with Crippen LogP contribution in [0.15, 0.2) is 4.52 Å². The third-order valence-electron chi connectivity index (χ3n) is 4.24. The van der Waals surface area contributed by atoms with Crippen molar-refractivity contribution in [3.8, 4) is 0 Å². The number of primary amides is 1. The van der Waals surface area contributed by atoms with Crippen LogP contribution in [-0.4, -0.2) is 29.1 Å². The van der Waals surface area contributed by atoms with Gasteiger partial charge in [-0.25, -0.2) is 0 Å². The zero-order valence-electron chi connectivity index (χ0n) is 11.8. The van der Waals surface area contributed by atoms with Crippen molar-refractivity contribution in [3.63, 3.8) is 0 Å². The number of aromatic nitrogens is 1. The fourth-order valence-corrected chi connectivity index (χ4v) is 2.84. The van der Waals surface area contributed by atoms with Crippen molar-refractivity contribution in [2.45, 2.75) is 56.5 Å². The van der Waals surface area contributed by atoms with Gasteiger partial charge in [0.1, 0.15) is 5.56 Å². The maximum absolute atomic E-state index is 12.3. The van der Waals surface area contributed by atoms with E-state index in [0.717, 1.165) is 38.5 Å². The van der Waals surface area contributed by atoms with Crippen LogP contribution >= 0.6 is 0 Å². The highest BCUT2D eigenvalue weighted by atomic mass is 16.5. The number of amides is 2. The predicted octanol–water partition coefficient (Wildman–Crippen LogP) is 0.651. The molecule has 0 saturated heterocycles. The SMILES string of the molecule is NC(=O)c1c(C(=O)NC2CCC(N)CC2)noc1C1CC1. The fourth-order valence-electron chi connectivity index (χ4n) is 2.84. The minimum atomic E-state index is -0.658. The van der Waals surface area contributed by atoms with E-state index in [1.54, 1.807) is 0 Å². The molecule has 7 heteroatoms. The molecule has 2 saturated carbocycles. The summed E-state index contributed by atoms with van der Waals surface area (Å²) in [6.07, 6.45) is 5.34. The second-order valence-electron chi connectivity index (χ2n) is 5.99. The molecule has 2 aliphatic rings. The lowest BCUT2D eigenvalue weighted by Gasteiger charge is -2.26. The Labute approximate surface area is 122 Å². The van der Waals surface area contributed by atoms with Gasteiger partial charge >= 0.3 is 0 Å². The molecule has 0 bridgehead atoms. The predicted molar refractivity (Wildman–Crippen MR) is 74.7 cm³/mol. The summed E-state index contributed by atoms with van der Waals surface area (Å²) in [5, 5.41) is 6.67. The van der Waals surface area contributed by atoms with Crippen LogP contribution in [0.25, 0.3) is 0 Å². The molecule has 0 atom stereocenters. The van der Waals surface area contributed by atoms with Crippen LogP contribution in [0.1, 0.15) is 71.0 Å². The van der Waals surface area contributed by atoms with Crippen LogP contribution in [0.4, 0.5) is 0 Å². The number of nitrogens with zero attached hydrogens (tertiary/aromatic N) is 1. The summed E-state index contributed by atoms with van der Waals surface area (Å²) in [7, 11) is 0. The monoisotopic (exact) mass is 292 g/mol. The van der Waals surface area contributed by atoms with Gasteiger partial charge in [-0.15, -0.1) is 0 Å². The molecular weight excluding hydrogens is 272 g/mol. The number of carbonyl (C=O) groups is 2. The Kier molecular flexibility index (Phi) is 3.67. The third kappa shape index (κ3) is 2.92. The molecule has 114 valence electrons. The van der Waals surface area contributed by atoms with E-state index in [2.05, 4.69) is 10.5 Å². The average Bonchev–Trinajstić information content (AvgIpc) is 3.19. The highest BCUT2D eigenvalue weighted by molar-refractivity contribution is 6.06. The number of carbonyl (C=O) groups excluding carboxylic acids is 2. The van der Waals surface area contributed by atoms with Gasteiger partial charge in [0.05, 0.1) is 0 Å². The lowest BCUT2D eigenvalue weighted by atomic mass is 9.91. The molecular formula is C14H20N4O3. The first-order valence-electron chi connectivity index (χ1n) is 7.42. The van der Waals surface area contributed by atoms with Gasteiger partial charge in [-0.05, 0) is 38.5 Å². The van der Waals surface area contributed by atoms with E-state index in [1.807, 2.05) is 0 Å². The van der Waals surface area contributed by atoms with Gasteiger partial charge in [0.15, 0.2) is 11.5 Å². The van der Waals surface area contributed by atoms with Gasteiger partial charge < -0.3 is 21.3 Å². The summed E-state index contributed by atoms with van der Waals surface area (Å²) < 4.78 is 5.18. The topological polar surface area (TPSA) is 124 Å². The van der Waals surface area contributed by atoms with Crippen molar-refractivity contribution in [2.75, 3.05) is 0 Å². The van der Waals surface area contributed by atoms with Crippen molar-refractivity contribution >= 4 is 11.8 Å². The second kappa shape index (κ2) is 5.48. The van der Waals surface area contributed by atoms with Gasteiger partial charge in [0.25, 0.3) is 11.8 Å². The Morgan fingerprint density at radius 3 is 2.38 bits per heavy atom. The summed E-state index contributed by atoms with van der Waals surface area (Å²) in [6.45, 7) is 0. The van der Waals surface area contributed by atoms with E-state index in [1.165, 1.54) is 0 Å². The van der Waals surface area contributed by atoms with E-state index in [4.69, 9.17) is 16.0 Å². The summed E-state index contributed by atoms with van der Waals surface area (Å²) >= 11 is 0. The van der Waals surface area contributed by atoms with Gasteiger partial charge in [-0.1, -0.05) is 5.16 Å². The molecule has 3 rings (SSSR count). The Bertz CT molecular complexity index is 557. The molecule has 0 radical (unpaired) electrons. The Hall–Kier alpha value is -1.89. The highest BCUT2D eigenvalue weighted by Gasteiger charge is 2.36. The molecule has 21 heavy (non-hydrogen) atoms. The summed E-state index contributed by atoms with van der Waals surface area (Å²) in [5.41, 5.74) is 11.4. The number of hydrogen-bond acceptors (Lipinski definition) is 5. The second-order valence-corrected chi connectivity index (χ2v) is 5.99. The van der Waals surface area contributed by atoms with E-state index in [9.17, 15) is 9.59 Å². The first kappa shape index (κ1) is 14.1. The van der Waals surface area contributed by atoms with Crippen molar-refractivity contribution in [2.24, 2.45) is 11.5 Å². The number of hydrogen-bond donors (Lipinski definition) is 3. The minimum Gasteiger partial charge on any atom is -0.365 e. The molecule has 1 heterocycles. The van der Waals surface area contributed by atoms with Crippen LogP contribution in [0.2, 0.25) is 0 Å². The van der Waals surface area contributed by atoms with E-state index in [-0.39, 0.29) is 35.2 Å². The summed E-state index contributed by atoms with van der Waals surface area (Å²) in [4.78, 5) is 23.9. The number of nitrogens with two attached hydrogens (primary N) is 2. The lowest BCUT2D eigenvalue weighted by molar-refractivity contribution is 0.0905. The lowest BCUT2D eigenvalue weighted by Crippen LogP contribution is -2.41. The molecule has 0 aliphatic heterocycles. The summed E-state index contributed by atoms with van der Waals surface area (Å²) in [6, 6.07) is 0.284. The van der Waals surface area contributed by atoms with Gasteiger partial charge in [-0.3, -0.25) is 9.59 Å². The van der Waals surface area contributed by atoms with Crippen molar-refractivity contribution in [3.05, 3.63) is 17.0 Å². The molecule has 7 nitrogen and oxygen atoms in total. The number of nitrogens with one attached hydrogen (secondary N) is 1. The van der Waals surface area contributed by atoms with E-state index in [0.29, 0.717) is 5.76 Å².